The van der Waals surface area contributed by atoms with Gasteiger partial charge < -0.3 is 4.90 Å². The van der Waals surface area contributed by atoms with Crippen molar-refractivity contribution in [3.8, 4) is 16.9 Å². The van der Waals surface area contributed by atoms with Crippen LogP contribution in [0.25, 0.3) is 23.0 Å². The van der Waals surface area contributed by atoms with Gasteiger partial charge in [-0.3, -0.25) is 4.79 Å². The molecule has 1 fully saturated rings. The van der Waals surface area contributed by atoms with Crippen LogP contribution in [0.15, 0.2) is 85.1 Å². The van der Waals surface area contributed by atoms with Gasteiger partial charge in [0, 0.05) is 46.0 Å². The van der Waals surface area contributed by atoms with Crippen molar-refractivity contribution in [1.29, 1.82) is 0 Å². The van der Waals surface area contributed by atoms with E-state index >= 15 is 0 Å². The van der Waals surface area contributed by atoms with Crippen molar-refractivity contribution < 1.29 is 17.6 Å². The highest BCUT2D eigenvalue weighted by molar-refractivity contribution is 7.91. The molecule has 0 aliphatic carbocycles. The van der Waals surface area contributed by atoms with Gasteiger partial charge in [-0.1, -0.05) is 47.5 Å². The van der Waals surface area contributed by atoms with Crippen LogP contribution in [0, 0.1) is 5.82 Å². The molecule has 10 heteroatoms. The minimum atomic E-state index is -3.24. The van der Waals surface area contributed by atoms with E-state index < -0.39 is 15.9 Å². The normalized spacial score (nSPS) is 16.5. The number of carbonyl (C=O) groups is 1. The molecule has 1 saturated heterocycles. The molecule has 4 aromatic rings. The van der Waals surface area contributed by atoms with Crippen molar-refractivity contribution in [2.75, 3.05) is 11.5 Å². The molecule has 39 heavy (non-hydrogen) atoms. The summed E-state index contributed by atoms with van der Waals surface area (Å²) < 4.78 is 39.8. The molecule has 1 aromatic heterocycles. The van der Waals surface area contributed by atoms with Crippen LogP contribution >= 0.6 is 23.2 Å². The molecule has 1 aliphatic heterocycles. The number of carbonyl (C=O) groups excluding carboxylic acids is 1. The van der Waals surface area contributed by atoms with Gasteiger partial charge in [-0.05, 0) is 66.6 Å². The average Bonchev–Trinajstić information content (AvgIpc) is 3.51. The van der Waals surface area contributed by atoms with E-state index in [0.717, 1.165) is 5.69 Å². The lowest BCUT2D eigenvalue weighted by Crippen LogP contribution is -2.39. The van der Waals surface area contributed by atoms with Crippen molar-refractivity contribution in [1.82, 2.24) is 14.7 Å². The molecule has 0 bridgehead atoms. The maximum absolute atomic E-state index is 13.6. The fourth-order valence-electron chi connectivity index (χ4n) is 4.55. The summed E-state index contributed by atoms with van der Waals surface area (Å²) >= 11 is 12.4. The number of halogens is 3. The first-order valence-electron chi connectivity index (χ1n) is 12.2. The zero-order valence-electron chi connectivity index (χ0n) is 20.7. The number of nitrogens with zero attached hydrogens (tertiary/aromatic N) is 3. The van der Waals surface area contributed by atoms with Crippen LogP contribution in [0.5, 0.6) is 0 Å². The molecule has 0 spiro atoms. The predicted octanol–water partition coefficient (Wildman–Crippen LogP) is 6.21. The molecule has 6 nitrogen and oxygen atoms in total. The highest BCUT2D eigenvalue weighted by Gasteiger charge is 2.34. The van der Waals surface area contributed by atoms with E-state index in [0.29, 0.717) is 38.9 Å². The number of rotatable bonds is 7. The summed E-state index contributed by atoms with van der Waals surface area (Å²) in [6.07, 6.45) is 5.19. The molecule has 0 saturated carbocycles. The summed E-state index contributed by atoms with van der Waals surface area (Å²) in [5.74, 6) is -0.806. The van der Waals surface area contributed by atoms with Crippen LogP contribution in [-0.2, 0) is 21.2 Å². The topological polar surface area (TPSA) is 72.3 Å². The van der Waals surface area contributed by atoms with Crippen molar-refractivity contribution in [3.05, 3.63) is 112 Å². The summed E-state index contributed by atoms with van der Waals surface area (Å²) in [6.45, 7) is 0.132. The summed E-state index contributed by atoms with van der Waals surface area (Å²) in [7, 11) is -3.24. The average molecular weight is 585 g/mol. The van der Waals surface area contributed by atoms with Crippen LogP contribution in [0.4, 0.5) is 4.39 Å². The van der Waals surface area contributed by atoms with E-state index in [9.17, 15) is 17.6 Å². The second-order valence-corrected chi connectivity index (χ2v) is 12.4. The van der Waals surface area contributed by atoms with Crippen LogP contribution < -0.4 is 0 Å². The van der Waals surface area contributed by atoms with Crippen molar-refractivity contribution in [2.24, 2.45) is 0 Å². The minimum Gasteiger partial charge on any atom is -0.331 e. The van der Waals surface area contributed by atoms with Gasteiger partial charge in [0.2, 0.25) is 5.91 Å². The number of hydrogen-bond acceptors (Lipinski definition) is 4. The molecule has 3 aromatic carbocycles. The molecule has 1 atom stereocenters. The van der Waals surface area contributed by atoms with Gasteiger partial charge in [-0.25, -0.2) is 17.5 Å². The fraction of sp³-hybridized carbons (Fsp3) is 0.172. The van der Waals surface area contributed by atoms with Gasteiger partial charge in [0.1, 0.15) is 5.82 Å². The van der Waals surface area contributed by atoms with Crippen molar-refractivity contribution in [3.63, 3.8) is 0 Å². The second kappa shape index (κ2) is 11.3. The molecule has 0 radical (unpaired) electrons. The highest BCUT2D eigenvalue weighted by atomic mass is 35.5. The number of hydrogen-bond donors (Lipinski definition) is 0. The smallest absolute Gasteiger partial charge is 0.247 e. The SMILES string of the molecule is O=C(/C=C/c1cn(-c2ccccc2)nc1-c1ccc(F)cc1)N(Cc1ccc(Cl)cc1Cl)C1CCS(=O)(=O)C1. The molecule has 2 heterocycles. The monoisotopic (exact) mass is 583 g/mol. The third kappa shape index (κ3) is 6.41. The van der Waals surface area contributed by atoms with Gasteiger partial charge in [0.25, 0.3) is 0 Å². The number of aromatic nitrogens is 2. The van der Waals surface area contributed by atoms with E-state index in [1.807, 2.05) is 30.3 Å². The Morgan fingerprint density at radius 2 is 1.82 bits per heavy atom. The number of sulfone groups is 1. The maximum Gasteiger partial charge on any atom is 0.247 e. The third-order valence-electron chi connectivity index (χ3n) is 6.57. The molecule has 1 amide bonds. The Morgan fingerprint density at radius 3 is 2.49 bits per heavy atom. The maximum atomic E-state index is 13.6. The predicted molar refractivity (Wildman–Crippen MR) is 152 cm³/mol. The first-order chi connectivity index (χ1) is 18.7. The van der Waals surface area contributed by atoms with Crippen LogP contribution in [0.2, 0.25) is 10.0 Å². The Morgan fingerprint density at radius 1 is 1.08 bits per heavy atom. The Hall–Kier alpha value is -3.46. The summed E-state index contributed by atoms with van der Waals surface area (Å²) in [6, 6.07) is 20.0. The third-order valence-corrected chi connectivity index (χ3v) is 8.91. The Kier molecular flexibility index (Phi) is 7.88. The first kappa shape index (κ1) is 27.1. The van der Waals surface area contributed by atoms with Crippen molar-refractivity contribution >= 4 is 45.0 Å². The molecule has 0 N–H and O–H groups in total. The zero-order chi connectivity index (χ0) is 27.6. The summed E-state index contributed by atoms with van der Waals surface area (Å²) in [5.41, 5.74) is 3.38. The lowest BCUT2D eigenvalue weighted by Gasteiger charge is -2.27. The van der Waals surface area contributed by atoms with E-state index in [2.05, 4.69) is 0 Å². The van der Waals surface area contributed by atoms with Crippen LogP contribution in [0.3, 0.4) is 0 Å². The Balaban J connectivity index is 1.49. The molecular weight excluding hydrogens is 560 g/mol. The van der Waals surface area contributed by atoms with Gasteiger partial charge in [0.15, 0.2) is 9.84 Å². The summed E-state index contributed by atoms with van der Waals surface area (Å²) in [4.78, 5) is 15.1. The van der Waals surface area contributed by atoms with Gasteiger partial charge in [0.05, 0.1) is 22.9 Å². The Labute approximate surface area is 236 Å². The first-order valence-corrected chi connectivity index (χ1v) is 14.8. The minimum absolute atomic E-state index is 0.0259. The molecule has 1 aliphatic rings. The van der Waals surface area contributed by atoms with E-state index in [1.54, 1.807) is 47.3 Å². The molecule has 1 unspecified atom stereocenters. The molecule has 200 valence electrons. The highest BCUT2D eigenvalue weighted by Crippen LogP contribution is 2.28. The van der Waals surface area contributed by atoms with Crippen LogP contribution in [0.1, 0.15) is 17.5 Å². The quantitative estimate of drug-likeness (QED) is 0.242. The van der Waals surface area contributed by atoms with Gasteiger partial charge >= 0.3 is 0 Å². The lowest BCUT2D eigenvalue weighted by atomic mass is 10.1. The number of amides is 1. The van der Waals surface area contributed by atoms with E-state index in [1.165, 1.54) is 23.1 Å². The Bertz CT molecular complexity index is 1640. The van der Waals surface area contributed by atoms with E-state index in [4.69, 9.17) is 28.3 Å². The van der Waals surface area contributed by atoms with Crippen LogP contribution in [-0.4, -0.2) is 46.6 Å². The summed E-state index contributed by atoms with van der Waals surface area (Å²) in [5, 5.41) is 5.56. The van der Waals surface area contributed by atoms with E-state index in [-0.39, 0.29) is 29.8 Å². The second-order valence-electron chi connectivity index (χ2n) is 9.31. The largest absolute Gasteiger partial charge is 0.331 e. The fourth-order valence-corrected chi connectivity index (χ4v) is 6.75. The zero-order valence-corrected chi connectivity index (χ0v) is 23.0. The molecule has 5 rings (SSSR count). The van der Waals surface area contributed by atoms with Gasteiger partial charge in [-0.2, -0.15) is 5.10 Å². The van der Waals surface area contributed by atoms with Gasteiger partial charge in [-0.15, -0.1) is 0 Å². The molecular formula is C29H24Cl2FN3O3S. The number of benzene rings is 3. The number of para-hydroxylation sites is 1. The van der Waals surface area contributed by atoms with Crippen molar-refractivity contribution in [2.45, 2.75) is 19.0 Å². The standard InChI is InChI=1S/C29H24Cl2FN3O3S/c30-23-10-6-21(27(31)16-23)17-34(26-14-15-39(37,38)19-26)28(36)13-9-22-18-35(25-4-2-1-3-5-25)33-29(22)20-7-11-24(32)12-8-20/h1-13,16,18,26H,14-15,17,19H2/b13-9+. The lowest BCUT2D eigenvalue weighted by molar-refractivity contribution is -0.128.